The SMILES string of the molecule is CC(C)C(NC(=O)c1cc2ccccc2[nH]1)C(=C=O)NC(CC1CCC1)C(=C=O)NC(C=C=O)C[C@@H]1CCNC1=C=O. The molecular weight excluding hydrogens is 534 g/mol. The molecule has 1 aromatic carbocycles. The topological polar surface area (TPSA) is 149 Å². The van der Waals surface area contributed by atoms with Gasteiger partial charge in [0, 0.05) is 29.4 Å². The average Bonchev–Trinajstić information content (AvgIpc) is 3.61. The van der Waals surface area contributed by atoms with E-state index in [4.69, 9.17) is 0 Å². The Hall–Kier alpha value is -4.57. The van der Waals surface area contributed by atoms with Crippen molar-refractivity contribution >= 4 is 40.6 Å². The molecule has 1 saturated carbocycles. The van der Waals surface area contributed by atoms with E-state index in [-0.39, 0.29) is 29.1 Å². The molecule has 0 bridgehead atoms. The minimum atomic E-state index is -0.714. The Morgan fingerprint density at radius 3 is 2.38 bits per heavy atom. The van der Waals surface area contributed by atoms with Crippen LogP contribution in [-0.4, -0.2) is 59.3 Å². The molecule has 2 aromatic rings. The zero-order chi connectivity index (χ0) is 30.1. The summed E-state index contributed by atoms with van der Waals surface area (Å²) in [6.45, 7) is 4.39. The average molecular weight is 572 g/mol. The Bertz CT molecular complexity index is 1450. The normalized spacial score (nSPS) is 18.3. The number of carbonyl (C=O) groups excluding carboxylic acids is 5. The highest BCUT2D eigenvalue weighted by Gasteiger charge is 2.32. The highest BCUT2D eigenvalue weighted by Crippen LogP contribution is 2.32. The van der Waals surface area contributed by atoms with Crippen molar-refractivity contribution in [1.29, 1.82) is 0 Å². The second kappa shape index (κ2) is 14.4. The van der Waals surface area contributed by atoms with E-state index >= 15 is 0 Å². The lowest BCUT2D eigenvalue weighted by Crippen LogP contribution is -2.49. The number of allylic oxidation sites excluding steroid dienone is 1. The van der Waals surface area contributed by atoms with Gasteiger partial charge in [0.15, 0.2) is 0 Å². The van der Waals surface area contributed by atoms with Gasteiger partial charge in [0.25, 0.3) is 5.91 Å². The van der Waals surface area contributed by atoms with Crippen molar-refractivity contribution < 1.29 is 24.0 Å². The van der Waals surface area contributed by atoms with Gasteiger partial charge in [-0.3, -0.25) is 4.79 Å². The summed E-state index contributed by atoms with van der Waals surface area (Å²) in [5.74, 6) is 7.29. The van der Waals surface area contributed by atoms with Gasteiger partial charge in [-0.25, -0.2) is 19.2 Å². The van der Waals surface area contributed by atoms with Crippen LogP contribution in [0.15, 0.2) is 53.5 Å². The van der Waals surface area contributed by atoms with Crippen LogP contribution in [-0.2, 0) is 19.2 Å². The van der Waals surface area contributed by atoms with Crippen LogP contribution in [0, 0.1) is 17.8 Å². The molecule has 4 rings (SSSR count). The van der Waals surface area contributed by atoms with Crippen LogP contribution in [0.2, 0.25) is 0 Å². The van der Waals surface area contributed by atoms with E-state index in [0.29, 0.717) is 43.1 Å². The summed E-state index contributed by atoms with van der Waals surface area (Å²) in [5, 5.41) is 13.1. The third kappa shape index (κ3) is 7.38. The van der Waals surface area contributed by atoms with Crippen molar-refractivity contribution in [2.45, 2.75) is 70.5 Å². The fraction of sp³-hybridized carbons (Fsp3) is 0.469. The van der Waals surface area contributed by atoms with Crippen molar-refractivity contribution in [2.24, 2.45) is 17.8 Å². The monoisotopic (exact) mass is 571 g/mol. The number of hydrogen-bond acceptors (Lipinski definition) is 8. The maximum atomic E-state index is 13.2. The van der Waals surface area contributed by atoms with Gasteiger partial charge < -0.3 is 26.3 Å². The van der Waals surface area contributed by atoms with Crippen molar-refractivity contribution in [2.75, 3.05) is 6.54 Å². The molecule has 42 heavy (non-hydrogen) atoms. The van der Waals surface area contributed by atoms with Gasteiger partial charge in [-0.05, 0) is 43.2 Å². The summed E-state index contributed by atoms with van der Waals surface area (Å²) in [5.41, 5.74) is 1.89. The van der Waals surface area contributed by atoms with Crippen LogP contribution in [0.5, 0.6) is 0 Å². The Balaban J connectivity index is 1.53. The summed E-state index contributed by atoms with van der Waals surface area (Å²) in [4.78, 5) is 63.6. The first-order valence-electron chi connectivity index (χ1n) is 14.5. The number of aromatic nitrogens is 1. The number of hydrogen-bond donors (Lipinski definition) is 5. The predicted molar refractivity (Wildman–Crippen MR) is 159 cm³/mol. The predicted octanol–water partition coefficient (Wildman–Crippen LogP) is 2.56. The number of H-pyrrole nitrogens is 1. The molecule has 10 heteroatoms. The van der Waals surface area contributed by atoms with Gasteiger partial charge in [-0.15, -0.1) is 0 Å². The third-order valence-electron chi connectivity index (χ3n) is 8.21. The second-order valence-corrected chi connectivity index (χ2v) is 11.4. The molecule has 4 atom stereocenters. The van der Waals surface area contributed by atoms with Crippen LogP contribution in [0.25, 0.3) is 10.9 Å². The first kappa shape index (κ1) is 30.4. The van der Waals surface area contributed by atoms with Crippen molar-refractivity contribution in [1.82, 2.24) is 26.3 Å². The van der Waals surface area contributed by atoms with E-state index in [1.54, 1.807) is 12.0 Å². The van der Waals surface area contributed by atoms with Gasteiger partial charge in [0.05, 0.1) is 23.8 Å². The molecule has 1 aliphatic heterocycles. The molecule has 2 fully saturated rings. The molecule has 3 unspecified atom stereocenters. The molecule has 0 radical (unpaired) electrons. The minimum absolute atomic E-state index is 0.113. The van der Waals surface area contributed by atoms with Crippen LogP contribution < -0.4 is 21.3 Å². The number of fused-ring (bicyclic) bond motifs is 1. The smallest absolute Gasteiger partial charge is 0.268 e. The molecule has 220 valence electrons. The summed E-state index contributed by atoms with van der Waals surface area (Å²) in [7, 11) is 0. The van der Waals surface area contributed by atoms with E-state index in [0.717, 1.165) is 30.2 Å². The van der Waals surface area contributed by atoms with Crippen LogP contribution in [0.1, 0.15) is 62.9 Å². The van der Waals surface area contributed by atoms with Crippen molar-refractivity contribution in [3.63, 3.8) is 0 Å². The zero-order valence-electron chi connectivity index (χ0n) is 23.9. The molecule has 1 amide bonds. The molecular formula is C32H37N5O5. The fourth-order valence-corrected chi connectivity index (χ4v) is 5.65. The third-order valence-corrected chi connectivity index (χ3v) is 8.21. The Labute approximate surface area is 244 Å². The van der Waals surface area contributed by atoms with Gasteiger partial charge in [0.1, 0.15) is 40.9 Å². The summed E-state index contributed by atoms with van der Waals surface area (Å²) in [6.07, 6.45) is 5.98. The highest BCUT2D eigenvalue weighted by atomic mass is 16.2. The van der Waals surface area contributed by atoms with Crippen molar-refractivity contribution in [3.8, 4) is 0 Å². The molecule has 5 N–H and O–H groups in total. The van der Waals surface area contributed by atoms with Crippen LogP contribution in [0.3, 0.4) is 0 Å². The lowest BCUT2D eigenvalue weighted by molar-refractivity contribution is 0.0928. The zero-order valence-corrected chi connectivity index (χ0v) is 23.9. The molecule has 2 heterocycles. The number of rotatable bonds is 14. The lowest BCUT2D eigenvalue weighted by Gasteiger charge is -2.34. The first-order valence-corrected chi connectivity index (χ1v) is 14.5. The molecule has 2 aliphatic rings. The Morgan fingerprint density at radius 2 is 1.76 bits per heavy atom. The molecule has 1 aliphatic carbocycles. The maximum absolute atomic E-state index is 13.2. The highest BCUT2D eigenvalue weighted by molar-refractivity contribution is 5.98. The number of aromatic amines is 1. The molecule has 10 nitrogen and oxygen atoms in total. The van der Waals surface area contributed by atoms with E-state index in [9.17, 15) is 24.0 Å². The quantitative estimate of drug-likeness (QED) is 0.217. The molecule has 0 spiro atoms. The van der Waals surface area contributed by atoms with E-state index in [2.05, 4.69) is 26.3 Å². The lowest BCUT2D eigenvalue weighted by atomic mass is 9.80. The summed E-state index contributed by atoms with van der Waals surface area (Å²) >= 11 is 0. The maximum Gasteiger partial charge on any atom is 0.268 e. The van der Waals surface area contributed by atoms with Crippen molar-refractivity contribution in [3.05, 3.63) is 59.2 Å². The fourth-order valence-electron chi connectivity index (χ4n) is 5.65. The molecule has 1 aromatic heterocycles. The number of para-hydroxylation sites is 1. The standard InChI is InChI=1S/C32H37N5O5/c1-20(2)31(37-32(42)27-16-22-8-3-4-9-25(22)35-27)30(19-41)36-26(14-21-6-5-7-21)29(18-40)34-24(11-13-38)15-23-10-12-33-28(23)17-39/h3-4,8-9,11,16,20-21,23-24,26,31,33-36H,5-7,10,12,14-15H2,1-2H3,(H,37,42)/t23-,24?,26?,31?/m0/s1. The summed E-state index contributed by atoms with van der Waals surface area (Å²) < 4.78 is 0. The van der Waals surface area contributed by atoms with E-state index < -0.39 is 18.1 Å². The van der Waals surface area contributed by atoms with E-state index in [1.165, 1.54) is 6.08 Å². The van der Waals surface area contributed by atoms with Gasteiger partial charge in [-0.1, -0.05) is 51.3 Å². The Kier molecular flexibility index (Phi) is 10.4. The number of nitrogens with one attached hydrogen (secondary N) is 5. The number of benzene rings is 1. The second-order valence-electron chi connectivity index (χ2n) is 11.4. The minimum Gasteiger partial charge on any atom is -0.379 e. The number of carbonyl (C=O) groups is 1. The van der Waals surface area contributed by atoms with E-state index in [1.807, 2.05) is 55.9 Å². The van der Waals surface area contributed by atoms with Gasteiger partial charge in [-0.2, -0.15) is 0 Å². The summed E-state index contributed by atoms with van der Waals surface area (Å²) in [6, 6.07) is 7.35. The van der Waals surface area contributed by atoms with Gasteiger partial charge >= 0.3 is 0 Å². The van der Waals surface area contributed by atoms with Crippen LogP contribution in [0.4, 0.5) is 0 Å². The number of amides is 1. The first-order chi connectivity index (χ1) is 20.4. The van der Waals surface area contributed by atoms with Crippen LogP contribution >= 0.6 is 0 Å². The largest absolute Gasteiger partial charge is 0.379 e. The Morgan fingerprint density at radius 1 is 1.00 bits per heavy atom. The molecule has 1 saturated heterocycles. The van der Waals surface area contributed by atoms with Gasteiger partial charge in [0.2, 0.25) is 0 Å².